The number of ether oxygens (including phenoxy) is 2. The Morgan fingerprint density at radius 3 is 1.80 bits per heavy atom. The first-order valence-electron chi connectivity index (χ1n) is 13.6. The van der Waals surface area contributed by atoms with E-state index in [1.54, 1.807) is 14.2 Å². The zero-order chi connectivity index (χ0) is 32.5. The average Bonchev–Trinajstić information content (AvgIpc) is 2.97. The first-order chi connectivity index (χ1) is 21.1. The number of nitrogens with zero attached hydrogens (tertiary/aromatic N) is 2. The summed E-state index contributed by atoms with van der Waals surface area (Å²) in [6.07, 6.45) is 2.87. The first kappa shape index (κ1) is 38.1. The molecule has 0 bridgehead atoms. The summed E-state index contributed by atoms with van der Waals surface area (Å²) in [5, 5.41) is 10.2. The predicted octanol–water partition coefficient (Wildman–Crippen LogP) is 5.54. The number of amidine groups is 1. The number of benzene rings is 2. The van der Waals surface area contributed by atoms with E-state index in [9.17, 15) is 9.59 Å². The van der Waals surface area contributed by atoms with Gasteiger partial charge in [-0.1, -0.05) is 5.16 Å². The van der Waals surface area contributed by atoms with Crippen LogP contribution in [0.4, 0.5) is 0 Å². The predicted molar refractivity (Wildman–Crippen MR) is 186 cm³/mol. The Morgan fingerprint density at radius 2 is 1.27 bits per heavy atom. The lowest BCUT2D eigenvalue weighted by Gasteiger charge is -2.11. The highest BCUT2D eigenvalue weighted by Crippen LogP contribution is 2.35. The van der Waals surface area contributed by atoms with Gasteiger partial charge in [0, 0.05) is 25.9 Å². The van der Waals surface area contributed by atoms with Crippen LogP contribution in [0, 0.1) is 0 Å². The molecule has 0 atom stereocenters. The number of rotatable bonds is 19. The van der Waals surface area contributed by atoms with Crippen LogP contribution in [0.2, 0.25) is 0 Å². The molecule has 2 rings (SSSR count). The van der Waals surface area contributed by atoms with Crippen molar-refractivity contribution in [2.24, 2.45) is 10.1 Å². The van der Waals surface area contributed by atoms with Crippen molar-refractivity contribution in [3.63, 3.8) is 0 Å². The van der Waals surface area contributed by atoms with E-state index >= 15 is 0 Å². The lowest BCUT2D eigenvalue weighted by molar-refractivity contribution is -0.115. The van der Waals surface area contributed by atoms with E-state index in [1.165, 1.54) is 14.2 Å². The van der Waals surface area contributed by atoms with Gasteiger partial charge in [0.05, 0.1) is 39.2 Å². The van der Waals surface area contributed by atoms with Crippen molar-refractivity contribution in [3.8, 4) is 11.5 Å². The highest BCUT2D eigenvalue weighted by molar-refractivity contribution is 9.11. The number of halogens is 4. The number of ketones is 1. The second-order valence-electron chi connectivity index (χ2n) is 9.29. The highest BCUT2D eigenvalue weighted by atomic mass is 79.9. The molecule has 0 aliphatic heterocycles. The van der Waals surface area contributed by atoms with Gasteiger partial charge in [-0.25, -0.2) is 5.48 Å². The van der Waals surface area contributed by atoms with Crippen LogP contribution in [-0.4, -0.2) is 77.9 Å². The molecule has 0 aliphatic rings. The normalized spacial score (nSPS) is 11.7. The largest absolute Gasteiger partial charge is 0.494 e. The second-order valence-corrected chi connectivity index (χ2v) is 12.7. The van der Waals surface area contributed by atoms with Crippen molar-refractivity contribution in [1.82, 2.24) is 16.1 Å². The number of Topliss-reactive ketones (excluding diaryl/α,β-unsaturated/α-hetero) is 1. The molecule has 0 unspecified atom stereocenters. The lowest BCUT2D eigenvalue weighted by atomic mass is 10.1. The van der Waals surface area contributed by atoms with Gasteiger partial charge in [-0.3, -0.25) is 19.4 Å². The molecule has 2 aromatic carbocycles. The van der Waals surface area contributed by atoms with Gasteiger partial charge < -0.3 is 24.9 Å². The summed E-state index contributed by atoms with van der Waals surface area (Å²) < 4.78 is 13.7. The van der Waals surface area contributed by atoms with Crippen LogP contribution >= 0.6 is 63.7 Å². The van der Waals surface area contributed by atoms with Crippen LogP contribution < -0.4 is 25.6 Å². The molecule has 0 heterocycles. The minimum atomic E-state index is -0.275. The number of amides is 1. The van der Waals surface area contributed by atoms with E-state index in [0.717, 1.165) is 61.4 Å². The molecule has 1 amide bonds. The second kappa shape index (κ2) is 20.9. The highest BCUT2D eigenvalue weighted by Gasteiger charge is 2.17. The van der Waals surface area contributed by atoms with Crippen molar-refractivity contribution in [3.05, 3.63) is 53.3 Å². The van der Waals surface area contributed by atoms with Crippen molar-refractivity contribution in [2.75, 3.05) is 54.6 Å². The fraction of sp³-hybridized carbons (Fsp3) is 0.448. The third-order valence-electron chi connectivity index (χ3n) is 6.03. The van der Waals surface area contributed by atoms with Crippen LogP contribution in [0.1, 0.15) is 30.4 Å². The smallest absolute Gasteiger partial charge is 0.269 e. The van der Waals surface area contributed by atoms with Crippen LogP contribution in [0.25, 0.3) is 0 Å². The summed E-state index contributed by atoms with van der Waals surface area (Å²) in [5.41, 5.74) is 4.55. The summed E-state index contributed by atoms with van der Waals surface area (Å²) in [6.45, 7) is 2.49. The zero-order valence-electron chi connectivity index (χ0n) is 25.0. The van der Waals surface area contributed by atoms with Crippen molar-refractivity contribution in [2.45, 2.75) is 32.1 Å². The molecule has 0 aliphatic carbocycles. The van der Waals surface area contributed by atoms with Gasteiger partial charge in [0.2, 0.25) is 5.78 Å². The third-order valence-corrected chi connectivity index (χ3v) is 8.39. The number of nitrogens with one attached hydrogen (secondary N) is 3. The monoisotopic (exact) mass is 867 g/mol. The molecule has 15 heteroatoms. The van der Waals surface area contributed by atoms with Gasteiger partial charge in [0.15, 0.2) is 5.84 Å². The molecule has 0 saturated heterocycles. The summed E-state index contributed by atoms with van der Waals surface area (Å²) in [7, 11) is 6.03. The number of aliphatic imine (C=N–C) groups is 1. The third kappa shape index (κ3) is 12.8. The fourth-order valence-corrected chi connectivity index (χ4v) is 7.23. The van der Waals surface area contributed by atoms with E-state index in [1.807, 2.05) is 24.3 Å². The van der Waals surface area contributed by atoms with Crippen LogP contribution in [0.5, 0.6) is 11.5 Å². The lowest BCUT2D eigenvalue weighted by Crippen LogP contribution is -2.33. The Bertz CT molecular complexity index is 1280. The summed E-state index contributed by atoms with van der Waals surface area (Å²) in [4.78, 5) is 39.8. The fourth-order valence-electron chi connectivity index (χ4n) is 4.02. The number of oxime groups is 1. The van der Waals surface area contributed by atoms with Gasteiger partial charge in [0.25, 0.3) is 5.91 Å². The number of unbranched alkanes of at least 4 members (excludes halogenated alkanes) is 1. The minimum absolute atomic E-state index is 0.154. The SMILES string of the molecule is CO/N=C(\Cc1cc(Br)c(OC)c(Br)c1)C(=O)NCCCCNCCCN=C(NOC)C(=O)Cc1cc(Br)c(OC)c(Br)c1. The van der Waals surface area contributed by atoms with Gasteiger partial charge in [0.1, 0.15) is 24.3 Å². The van der Waals surface area contributed by atoms with Crippen molar-refractivity contribution >= 4 is 87.0 Å². The number of carbonyl (C=O) groups is 2. The molecule has 3 N–H and O–H groups in total. The number of hydrogen-bond donors (Lipinski definition) is 3. The van der Waals surface area contributed by atoms with Crippen LogP contribution in [0.15, 0.2) is 52.3 Å². The molecule has 242 valence electrons. The Labute approximate surface area is 291 Å². The number of methoxy groups -OCH3 is 2. The van der Waals surface area contributed by atoms with Gasteiger partial charge in [-0.2, -0.15) is 0 Å². The molecule has 2 aromatic rings. The average molecular weight is 871 g/mol. The molecule has 44 heavy (non-hydrogen) atoms. The quantitative estimate of drug-likeness (QED) is 0.0727. The van der Waals surface area contributed by atoms with E-state index < -0.39 is 0 Å². The molecular formula is C29H37Br4N5O6. The Balaban J connectivity index is 1.70. The molecule has 0 spiro atoms. The van der Waals surface area contributed by atoms with E-state index in [-0.39, 0.29) is 29.7 Å². The van der Waals surface area contributed by atoms with Gasteiger partial charge in [-0.05, 0) is 131 Å². The molecular weight excluding hydrogens is 834 g/mol. The summed E-state index contributed by atoms with van der Waals surface area (Å²) in [5.74, 6) is 1.05. The summed E-state index contributed by atoms with van der Waals surface area (Å²) >= 11 is 13.9. The zero-order valence-corrected chi connectivity index (χ0v) is 31.4. The van der Waals surface area contributed by atoms with Crippen LogP contribution in [-0.2, 0) is 32.1 Å². The molecule has 0 fully saturated rings. The number of carbonyl (C=O) groups excluding carboxylic acids is 2. The summed E-state index contributed by atoms with van der Waals surface area (Å²) in [6, 6.07) is 7.45. The molecule has 0 saturated carbocycles. The molecule has 0 radical (unpaired) electrons. The van der Waals surface area contributed by atoms with Gasteiger partial charge in [-0.15, -0.1) is 0 Å². The number of hydrogen-bond acceptors (Lipinski definition) is 9. The maximum atomic E-state index is 12.8. The topological polar surface area (TPSA) is 132 Å². The minimum Gasteiger partial charge on any atom is -0.494 e. The standard InChI is InChI=1S/C29H37Br4N5O6/c1-41-26-20(30)12-18(13-21(26)31)16-24(37-43-3)29(40)36-10-6-5-8-34-9-7-11-35-28(38-44-4)25(39)17-19-14-22(32)27(42-2)23(33)15-19/h12-15,34H,5-11,16-17H2,1-4H3,(H,35,38)(H,36,40)/b37-24+. The van der Waals surface area contributed by atoms with E-state index in [4.69, 9.17) is 19.1 Å². The molecule has 11 nitrogen and oxygen atoms in total. The maximum Gasteiger partial charge on any atom is 0.269 e. The Hall–Kier alpha value is -2.04. The Morgan fingerprint density at radius 1 is 0.750 bits per heavy atom. The van der Waals surface area contributed by atoms with Gasteiger partial charge >= 0.3 is 0 Å². The Kier molecular flexibility index (Phi) is 18.1. The van der Waals surface area contributed by atoms with E-state index in [2.05, 4.69) is 90.0 Å². The van der Waals surface area contributed by atoms with E-state index in [0.29, 0.717) is 31.0 Å². The maximum absolute atomic E-state index is 12.8. The van der Waals surface area contributed by atoms with Crippen molar-refractivity contribution in [1.29, 1.82) is 0 Å². The molecule has 0 aromatic heterocycles. The number of hydroxylamine groups is 1. The van der Waals surface area contributed by atoms with Crippen molar-refractivity contribution < 1.29 is 28.7 Å². The van der Waals surface area contributed by atoms with Crippen LogP contribution in [0.3, 0.4) is 0 Å². The first-order valence-corrected chi connectivity index (χ1v) is 16.8.